The zero-order valence-corrected chi connectivity index (χ0v) is 14.4. The van der Waals surface area contributed by atoms with Crippen LogP contribution in [0.2, 0.25) is 0 Å². The van der Waals surface area contributed by atoms with Crippen LogP contribution >= 0.6 is 0 Å². The molecule has 1 aliphatic rings. The number of rotatable bonds is 7. The van der Waals surface area contributed by atoms with Crippen molar-refractivity contribution in [3.63, 3.8) is 0 Å². The van der Waals surface area contributed by atoms with Crippen molar-refractivity contribution in [1.29, 1.82) is 0 Å². The van der Waals surface area contributed by atoms with E-state index in [0.29, 0.717) is 19.1 Å². The van der Waals surface area contributed by atoms with Gasteiger partial charge in [0.25, 0.3) is 0 Å². The minimum Gasteiger partial charge on any atom is -0.385 e. The lowest BCUT2D eigenvalue weighted by Gasteiger charge is -2.30. The Kier molecular flexibility index (Phi) is 5.81. The number of para-hydroxylation sites is 1. The molecule has 1 aromatic heterocycles. The number of fused-ring (bicyclic) bond motifs is 1. The van der Waals surface area contributed by atoms with Crippen LogP contribution in [-0.2, 0) is 9.53 Å². The van der Waals surface area contributed by atoms with E-state index in [1.165, 1.54) is 12.8 Å². The van der Waals surface area contributed by atoms with Gasteiger partial charge in [0, 0.05) is 37.8 Å². The number of aromatic nitrogens is 1. The van der Waals surface area contributed by atoms with E-state index in [-0.39, 0.29) is 5.91 Å². The van der Waals surface area contributed by atoms with Crippen LogP contribution in [0, 0.1) is 0 Å². The molecule has 4 heteroatoms. The first-order valence-corrected chi connectivity index (χ1v) is 8.96. The van der Waals surface area contributed by atoms with Gasteiger partial charge in [0.15, 0.2) is 0 Å². The van der Waals surface area contributed by atoms with E-state index >= 15 is 0 Å². The van der Waals surface area contributed by atoms with E-state index in [0.717, 1.165) is 42.3 Å². The van der Waals surface area contributed by atoms with Gasteiger partial charge in [-0.2, -0.15) is 0 Å². The number of nitrogens with zero attached hydrogens (tertiary/aromatic N) is 2. The van der Waals surface area contributed by atoms with Crippen molar-refractivity contribution >= 4 is 22.5 Å². The third kappa shape index (κ3) is 3.75. The van der Waals surface area contributed by atoms with Crippen LogP contribution in [0.1, 0.15) is 44.9 Å². The minimum atomic E-state index is 0.219. The van der Waals surface area contributed by atoms with Crippen molar-refractivity contribution in [2.45, 2.75) is 51.0 Å². The molecule has 0 bridgehead atoms. The second-order valence-corrected chi connectivity index (χ2v) is 6.50. The van der Waals surface area contributed by atoms with Gasteiger partial charge in [-0.05, 0) is 37.8 Å². The van der Waals surface area contributed by atoms with Crippen LogP contribution in [0.15, 0.2) is 36.5 Å². The molecule has 4 nitrogen and oxygen atoms in total. The number of benzene rings is 1. The van der Waals surface area contributed by atoms with Gasteiger partial charge in [0.05, 0.1) is 11.2 Å². The second kappa shape index (κ2) is 8.25. The summed E-state index contributed by atoms with van der Waals surface area (Å²) < 4.78 is 5.09. The summed E-state index contributed by atoms with van der Waals surface area (Å²) in [6.45, 7) is 0.715. The van der Waals surface area contributed by atoms with Gasteiger partial charge in [-0.1, -0.05) is 31.0 Å². The predicted molar refractivity (Wildman–Crippen MR) is 97.2 cm³/mol. The molecule has 0 aliphatic heterocycles. The maximum absolute atomic E-state index is 13.0. The standard InChI is InChI=1S/C20H26N2O2/c1-24-15-5-4-13-19(23)22(17-10-2-3-11-17)18-12-6-8-16-9-7-14-21-20(16)18/h6-9,12,14,17H,2-5,10-11,13,15H2,1H3. The molecule has 24 heavy (non-hydrogen) atoms. The summed E-state index contributed by atoms with van der Waals surface area (Å²) in [5, 5.41) is 1.09. The fourth-order valence-electron chi connectivity index (χ4n) is 3.62. The lowest BCUT2D eigenvalue weighted by atomic mass is 10.1. The molecule has 3 rings (SSSR count). The summed E-state index contributed by atoms with van der Waals surface area (Å²) >= 11 is 0. The van der Waals surface area contributed by atoms with Gasteiger partial charge in [-0.25, -0.2) is 0 Å². The number of unbranched alkanes of at least 4 members (excludes halogenated alkanes) is 1. The third-order valence-corrected chi connectivity index (χ3v) is 4.82. The molecule has 1 aromatic carbocycles. The highest BCUT2D eigenvalue weighted by Crippen LogP contribution is 2.33. The molecule has 2 aromatic rings. The normalized spacial score (nSPS) is 15.0. The zero-order chi connectivity index (χ0) is 16.8. The van der Waals surface area contributed by atoms with Crippen LogP contribution in [0.4, 0.5) is 5.69 Å². The Balaban J connectivity index is 1.87. The van der Waals surface area contributed by atoms with Crippen molar-refractivity contribution < 1.29 is 9.53 Å². The van der Waals surface area contributed by atoms with Crippen molar-refractivity contribution in [3.8, 4) is 0 Å². The average molecular weight is 326 g/mol. The zero-order valence-electron chi connectivity index (χ0n) is 14.4. The van der Waals surface area contributed by atoms with Gasteiger partial charge in [0.2, 0.25) is 5.91 Å². The van der Waals surface area contributed by atoms with E-state index in [4.69, 9.17) is 4.74 Å². The smallest absolute Gasteiger partial charge is 0.227 e. The molecule has 128 valence electrons. The lowest BCUT2D eigenvalue weighted by Crippen LogP contribution is -2.39. The Morgan fingerprint density at radius 2 is 2.00 bits per heavy atom. The van der Waals surface area contributed by atoms with Crippen LogP contribution in [-0.4, -0.2) is 30.6 Å². The van der Waals surface area contributed by atoms with E-state index in [2.05, 4.69) is 17.1 Å². The molecule has 1 amide bonds. The molecular formula is C20H26N2O2. The van der Waals surface area contributed by atoms with E-state index in [9.17, 15) is 4.79 Å². The van der Waals surface area contributed by atoms with Gasteiger partial charge in [0.1, 0.15) is 0 Å². The number of carbonyl (C=O) groups excluding carboxylic acids is 1. The largest absolute Gasteiger partial charge is 0.385 e. The first-order chi connectivity index (χ1) is 11.8. The van der Waals surface area contributed by atoms with Crippen LogP contribution in [0.3, 0.4) is 0 Å². The molecule has 1 heterocycles. The number of hydrogen-bond donors (Lipinski definition) is 0. The van der Waals surface area contributed by atoms with Crippen LogP contribution in [0.25, 0.3) is 10.9 Å². The van der Waals surface area contributed by atoms with E-state index in [1.807, 2.05) is 29.3 Å². The van der Waals surface area contributed by atoms with Crippen LogP contribution in [0.5, 0.6) is 0 Å². The summed E-state index contributed by atoms with van der Waals surface area (Å²) in [6.07, 6.45) is 8.76. The molecule has 0 saturated heterocycles. The molecule has 0 atom stereocenters. The molecule has 0 radical (unpaired) electrons. The summed E-state index contributed by atoms with van der Waals surface area (Å²) in [5.41, 5.74) is 1.90. The molecule has 1 saturated carbocycles. The van der Waals surface area contributed by atoms with Crippen LogP contribution < -0.4 is 4.90 Å². The summed E-state index contributed by atoms with van der Waals surface area (Å²) in [7, 11) is 1.70. The maximum atomic E-state index is 13.0. The Morgan fingerprint density at radius 3 is 2.79 bits per heavy atom. The number of amides is 1. The first kappa shape index (κ1) is 16.9. The highest BCUT2D eigenvalue weighted by Gasteiger charge is 2.29. The highest BCUT2D eigenvalue weighted by atomic mass is 16.5. The van der Waals surface area contributed by atoms with Gasteiger partial charge in [-0.15, -0.1) is 0 Å². The predicted octanol–water partition coefficient (Wildman–Crippen LogP) is 4.33. The number of carbonyl (C=O) groups is 1. The first-order valence-electron chi connectivity index (χ1n) is 8.96. The fourth-order valence-corrected chi connectivity index (χ4v) is 3.62. The van der Waals surface area contributed by atoms with Gasteiger partial charge >= 0.3 is 0 Å². The summed E-state index contributed by atoms with van der Waals surface area (Å²) in [4.78, 5) is 19.6. The van der Waals surface area contributed by atoms with E-state index < -0.39 is 0 Å². The topological polar surface area (TPSA) is 42.4 Å². The molecule has 0 spiro atoms. The lowest BCUT2D eigenvalue weighted by molar-refractivity contribution is -0.119. The maximum Gasteiger partial charge on any atom is 0.227 e. The SMILES string of the molecule is COCCCCC(=O)N(c1cccc2cccnc12)C1CCCC1. The molecular weight excluding hydrogens is 300 g/mol. The van der Waals surface area contributed by atoms with Crippen molar-refractivity contribution in [2.75, 3.05) is 18.6 Å². The molecule has 0 unspecified atom stereocenters. The minimum absolute atomic E-state index is 0.219. The Hall–Kier alpha value is -1.94. The quantitative estimate of drug-likeness (QED) is 0.711. The molecule has 0 N–H and O–H groups in total. The van der Waals surface area contributed by atoms with Crippen molar-refractivity contribution in [3.05, 3.63) is 36.5 Å². The number of pyridine rings is 1. The number of methoxy groups -OCH3 is 1. The Morgan fingerprint density at radius 1 is 1.21 bits per heavy atom. The van der Waals surface area contributed by atoms with Gasteiger partial charge < -0.3 is 9.64 Å². The molecule has 1 fully saturated rings. The van der Waals surface area contributed by atoms with Crippen molar-refractivity contribution in [1.82, 2.24) is 4.98 Å². The molecule has 1 aliphatic carbocycles. The average Bonchev–Trinajstić information content (AvgIpc) is 3.13. The second-order valence-electron chi connectivity index (χ2n) is 6.50. The number of anilines is 1. The number of hydrogen-bond acceptors (Lipinski definition) is 3. The van der Waals surface area contributed by atoms with Gasteiger partial charge in [-0.3, -0.25) is 9.78 Å². The van der Waals surface area contributed by atoms with Crippen molar-refractivity contribution in [2.24, 2.45) is 0 Å². The number of ether oxygens (including phenoxy) is 1. The van der Waals surface area contributed by atoms with E-state index in [1.54, 1.807) is 7.11 Å². The summed E-state index contributed by atoms with van der Waals surface area (Å²) in [6, 6.07) is 10.4. The Bertz CT molecular complexity index is 675. The third-order valence-electron chi connectivity index (χ3n) is 4.82. The highest BCUT2D eigenvalue weighted by molar-refractivity contribution is 6.02. The fraction of sp³-hybridized carbons (Fsp3) is 0.500. The monoisotopic (exact) mass is 326 g/mol. The summed E-state index contributed by atoms with van der Waals surface area (Å²) in [5.74, 6) is 0.219. The Labute approximate surface area is 143 Å².